The van der Waals surface area contributed by atoms with Crippen LogP contribution in [0.4, 0.5) is 19.1 Å². The molecule has 5 nitrogen and oxygen atoms in total. The van der Waals surface area contributed by atoms with Gasteiger partial charge in [-0.2, -0.15) is 22.9 Å². The third kappa shape index (κ3) is 2.02. The summed E-state index contributed by atoms with van der Waals surface area (Å²) in [6, 6.07) is 0.451. The number of allylic oxidation sites excluding steroid dienone is 2. The monoisotopic (exact) mass is 270 g/mol. The Hall–Kier alpha value is -2.12. The average molecular weight is 270 g/mol. The fourth-order valence-corrected chi connectivity index (χ4v) is 2.04. The zero-order valence-electron chi connectivity index (χ0n) is 9.66. The molecule has 1 aromatic rings. The van der Waals surface area contributed by atoms with Crippen LogP contribution in [0.5, 0.6) is 0 Å². The molecule has 1 aromatic heterocycles. The van der Waals surface area contributed by atoms with Crippen LogP contribution in [-0.2, 0) is 6.18 Å². The first-order chi connectivity index (χ1) is 8.95. The van der Waals surface area contributed by atoms with Crippen molar-refractivity contribution >= 4 is 11.7 Å². The quantitative estimate of drug-likeness (QED) is 0.784. The maximum absolute atomic E-state index is 12.6. The molecule has 1 aliphatic heterocycles. The van der Waals surface area contributed by atoms with Crippen LogP contribution in [0.2, 0.25) is 0 Å². The number of nitrogens with zero attached hydrogens (tertiary/aromatic N) is 3. The highest BCUT2D eigenvalue weighted by molar-refractivity contribution is 6.03. The highest BCUT2D eigenvalue weighted by Gasteiger charge is 2.35. The van der Waals surface area contributed by atoms with Gasteiger partial charge in [0.25, 0.3) is 5.56 Å². The van der Waals surface area contributed by atoms with E-state index in [9.17, 15) is 18.0 Å². The smallest absolute Gasteiger partial charge is 0.323 e. The lowest BCUT2D eigenvalue weighted by Gasteiger charge is -2.23. The predicted octanol–water partition coefficient (Wildman–Crippen LogP) is 1.96. The highest BCUT2D eigenvalue weighted by Crippen LogP contribution is 2.29. The van der Waals surface area contributed by atoms with Gasteiger partial charge in [0.2, 0.25) is 5.95 Å². The van der Waals surface area contributed by atoms with E-state index in [-0.39, 0.29) is 5.95 Å². The van der Waals surface area contributed by atoms with E-state index in [4.69, 9.17) is 0 Å². The molecule has 0 aromatic carbocycles. The Kier molecular flexibility index (Phi) is 2.48. The van der Waals surface area contributed by atoms with Gasteiger partial charge in [0.15, 0.2) is 5.69 Å². The van der Waals surface area contributed by atoms with E-state index in [1.54, 1.807) is 0 Å². The first-order valence-electron chi connectivity index (χ1n) is 5.72. The minimum absolute atomic E-state index is 0.197. The lowest BCUT2D eigenvalue weighted by atomic mass is 10.0. The third-order valence-corrected chi connectivity index (χ3v) is 2.93. The Bertz CT molecular complexity index is 657. The van der Waals surface area contributed by atoms with Gasteiger partial charge in [0.1, 0.15) is 0 Å². The van der Waals surface area contributed by atoms with Crippen LogP contribution in [0.25, 0.3) is 0 Å². The predicted molar refractivity (Wildman–Crippen MR) is 61.9 cm³/mol. The van der Waals surface area contributed by atoms with Crippen LogP contribution in [-0.4, -0.2) is 15.4 Å². The summed E-state index contributed by atoms with van der Waals surface area (Å²) in [6.45, 7) is 0. The fraction of sp³-hybridized carbons (Fsp3) is 0.364. The Morgan fingerprint density at radius 3 is 2.89 bits per heavy atom. The zero-order valence-corrected chi connectivity index (χ0v) is 9.66. The van der Waals surface area contributed by atoms with Crippen LogP contribution < -0.4 is 10.9 Å². The van der Waals surface area contributed by atoms with Crippen LogP contribution in [0.3, 0.4) is 0 Å². The number of rotatable bonds is 0. The molecular formula is C11H9F3N4O. The van der Waals surface area contributed by atoms with Gasteiger partial charge in [0, 0.05) is 6.07 Å². The summed E-state index contributed by atoms with van der Waals surface area (Å²) in [6.07, 6.45) is -0.391. The number of halogens is 3. The molecule has 0 spiro atoms. The number of hydrogen-bond acceptors (Lipinski definition) is 4. The van der Waals surface area contributed by atoms with Crippen molar-refractivity contribution in [2.45, 2.75) is 25.4 Å². The summed E-state index contributed by atoms with van der Waals surface area (Å²) in [5.74, 6) is -0.197. The third-order valence-electron chi connectivity index (χ3n) is 2.93. The van der Waals surface area contributed by atoms with Crippen molar-refractivity contribution in [3.05, 3.63) is 33.9 Å². The Balaban J connectivity index is 2.16. The van der Waals surface area contributed by atoms with Crippen molar-refractivity contribution in [3.63, 3.8) is 0 Å². The molecule has 100 valence electrons. The van der Waals surface area contributed by atoms with Gasteiger partial charge < -0.3 is 5.32 Å². The molecule has 2 aliphatic rings. The summed E-state index contributed by atoms with van der Waals surface area (Å²) < 4.78 is 38.6. The van der Waals surface area contributed by atoms with Gasteiger partial charge in [-0.15, -0.1) is 0 Å². The molecule has 0 unspecified atom stereocenters. The second-order valence-electron chi connectivity index (χ2n) is 4.29. The van der Waals surface area contributed by atoms with E-state index in [2.05, 4.69) is 15.4 Å². The van der Waals surface area contributed by atoms with Crippen molar-refractivity contribution in [2.75, 3.05) is 5.32 Å². The van der Waals surface area contributed by atoms with E-state index in [0.29, 0.717) is 23.9 Å². The average Bonchev–Trinajstić information content (AvgIpc) is 2.35. The molecule has 1 aliphatic carbocycles. The maximum atomic E-state index is 12.6. The molecule has 0 saturated carbocycles. The molecule has 0 bridgehead atoms. The molecule has 0 saturated heterocycles. The van der Waals surface area contributed by atoms with Crippen LogP contribution in [0.1, 0.15) is 25.0 Å². The van der Waals surface area contributed by atoms with Gasteiger partial charge in [-0.3, -0.25) is 4.79 Å². The number of alkyl halides is 3. The molecule has 1 N–H and O–H groups in total. The Morgan fingerprint density at radius 2 is 2.16 bits per heavy atom. The highest BCUT2D eigenvalue weighted by atomic mass is 19.4. The van der Waals surface area contributed by atoms with E-state index in [0.717, 1.165) is 17.5 Å². The van der Waals surface area contributed by atoms with Crippen molar-refractivity contribution in [1.29, 1.82) is 0 Å². The summed E-state index contributed by atoms with van der Waals surface area (Å²) in [7, 11) is 0. The molecule has 0 atom stereocenters. The van der Waals surface area contributed by atoms with Crippen LogP contribution in [0, 0.1) is 0 Å². The summed E-state index contributed by atoms with van der Waals surface area (Å²) >= 11 is 0. The number of aromatic nitrogens is 2. The molecule has 0 amide bonds. The van der Waals surface area contributed by atoms with E-state index < -0.39 is 17.4 Å². The van der Waals surface area contributed by atoms with Crippen molar-refractivity contribution < 1.29 is 13.2 Å². The largest absolute Gasteiger partial charge is 0.433 e. The summed E-state index contributed by atoms with van der Waals surface area (Å²) in [5.41, 5.74) is -0.756. The van der Waals surface area contributed by atoms with Crippen molar-refractivity contribution in [3.8, 4) is 0 Å². The molecule has 19 heavy (non-hydrogen) atoms. The van der Waals surface area contributed by atoms with Gasteiger partial charge >= 0.3 is 6.18 Å². The molecular weight excluding hydrogens is 261 g/mol. The van der Waals surface area contributed by atoms with E-state index >= 15 is 0 Å². The van der Waals surface area contributed by atoms with Crippen molar-refractivity contribution in [1.82, 2.24) is 9.66 Å². The van der Waals surface area contributed by atoms with Crippen LogP contribution in [0.15, 0.2) is 27.7 Å². The number of anilines is 1. The topological polar surface area (TPSA) is 59.3 Å². The maximum Gasteiger partial charge on any atom is 0.433 e. The second kappa shape index (κ2) is 3.94. The van der Waals surface area contributed by atoms with Gasteiger partial charge in [-0.05, 0) is 19.3 Å². The Morgan fingerprint density at radius 1 is 1.37 bits per heavy atom. The van der Waals surface area contributed by atoms with E-state index in [1.165, 1.54) is 0 Å². The summed E-state index contributed by atoms with van der Waals surface area (Å²) in [4.78, 5) is 15.1. The molecule has 0 fully saturated rings. The second-order valence-corrected chi connectivity index (χ2v) is 4.29. The lowest BCUT2D eigenvalue weighted by Crippen LogP contribution is -2.32. The van der Waals surface area contributed by atoms with E-state index in [1.807, 2.05) is 6.08 Å². The standard InChI is InChI=1S/C11H9F3N4O/c12-11(13,14)8-5-9(19)18-10(16-8)15-6-3-1-2-4-7(6)17-18/h3,5H,1-2,4H2,(H,15,16). The number of nitrogens with one attached hydrogen (secondary N) is 1. The SMILES string of the molecule is O=c1cc(C(F)(F)F)nc2n1N=C1CCCC=C1N2. The fourth-order valence-electron chi connectivity index (χ4n) is 2.04. The van der Waals surface area contributed by atoms with Crippen LogP contribution >= 0.6 is 0 Å². The number of hydrogen-bond donors (Lipinski definition) is 1. The number of fused-ring (bicyclic) bond motifs is 2. The minimum Gasteiger partial charge on any atom is -0.323 e. The molecule has 8 heteroatoms. The zero-order chi connectivity index (χ0) is 13.6. The molecule has 0 radical (unpaired) electrons. The van der Waals surface area contributed by atoms with Gasteiger partial charge in [-0.25, -0.2) is 4.98 Å². The Labute approximate surface area is 105 Å². The lowest BCUT2D eigenvalue weighted by molar-refractivity contribution is -0.141. The summed E-state index contributed by atoms with van der Waals surface area (Å²) in [5, 5.41) is 6.78. The first-order valence-corrected chi connectivity index (χ1v) is 5.72. The normalized spacial score (nSPS) is 17.8. The molecule has 2 heterocycles. The van der Waals surface area contributed by atoms with Gasteiger partial charge in [-0.1, -0.05) is 6.08 Å². The minimum atomic E-state index is -4.65. The van der Waals surface area contributed by atoms with Gasteiger partial charge in [0.05, 0.1) is 11.4 Å². The first kappa shape index (κ1) is 11.9. The molecule has 3 rings (SSSR count). The van der Waals surface area contributed by atoms with Crippen molar-refractivity contribution in [2.24, 2.45) is 5.10 Å².